The van der Waals surface area contributed by atoms with Gasteiger partial charge in [0.25, 0.3) is 5.91 Å². The van der Waals surface area contributed by atoms with Crippen LogP contribution in [0.4, 0.5) is 0 Å². The molecule has 1 amide bonds. The van der Waals surface area contributed by atoms with E-state index in [4.69, 9.17) is 0 Å². The van der Waals surface area contributed by atoms with Crippen molar-refractivity contribution in [1.82, 2.24) is 15.1 Å². The summed E-state index contributed by atoms with van der Waals surface area (Å²) in [4.78, 5) is 12.2. The lowest BCUT2D eigenvalue weighted by atomic mass is 10.1. The molecule has 0 fully saturated rings. The summed E-state index contributed by atoms with van der Waals surface area (Å²) in [6, 6.07) is 9.07. The van der Waals surface area contributed by atoms with Crippen LogP contribution in [0.2, 0.25) is 0 Å². The molecule has 1 aromatic heterocycles. The van der Waals surface area contributed by atoms with Crippen LogP contribution in [-0.4, -0.2) is 32.2 Å². The Balaban J connectivity index is 1.97. The first-order chi connectivity index (χ1) is 10.0. The molecule has 0 radical (unpaired) electrons. The van der Waals surface area contributed by atoms with Crippen LogP contribution >= 0.6 is 0 Å². The van der Waals surface area contributed by atoms with Crippen molar-refractivity contribution in [2.24, 2.45) is 0 Å². The highest BCUT2D eigenvalue weighted by Gasteiger charge is 2.11. The normalized spacial score (nSPS) is 13.6. The summed E-state index contributed by atoms with van der Waals surface area (Å²) >= 11 is 0. The van der Waals surface area contributed by atoms with Gasteiger partial charge in [0.1, 0.15) is 0 Å². The molecule has 0 spiro atoms. The van der Waals surface area contributed by atoms with Crippen LogP contribution in [-0.2, 0) is 23.1 Å². The minimum absolute atomic E-state index is 0.0265. The third kappa shape index (κ3) is 4.82. The van der Waals surface area contributed by atoms with Gasteiger partial charge in [0, 0.05) is 46.8 Å². The Morgan fingerprint density at radius 3 is 2.90 bits per heavy atom. The van der Waals surface area contributed by atoms with Gasteiger partial charge in [-0.15, -0.1) is 0 Å². The van der Waals surface area contributed by atoms with E-state index >= 15 is 0 Å². The molecule has 1 heterocycles. The molecule has 2 aromatic rings. The molecule has 0 unspecified atom stereocenters. The van der Waals surface area contributed by atoms with Crippen molar-refractivity contribution in [2.75, 3.05) is 6.26 Å². The molecule has 0 saturated carbocycles. The first-order valence-corrected chi connectivity index (χ1v) is 8.44. The zero-order chi connectivity index (χ0) is 15.2. The highest BCUT2D eigenvalue weighted by Crippen LogP contribution is 2.08. The Hall–Kier alpha value is -1.95. The lowest BCUT2D eigenvalue weighted by Crippen LogP contribution is -2.35. The van der Waals surface area contributed by atoms with E-state index in [1.165, 1.54) is 0 Å². The molecule has 21 heavy (non-hydrogen) atoms. The molecule has 0 aliphatic rings. The second-order valence-electron chi connectivity index (χ2n) is 5.02. The highest BCUT2D eigenvalue weighted by atomic mass is 32.2. The predicted molar refractivity (Wildman–Crippen MR) is 83.4 cm³/mol. The van der Waals surface area contributed by atoms with Crippen molar-refractivity contribution >= 4 is 16.7 Å². The fourth-order valence-electron chi connectivity index (χ4n) is 2.08. The summed E-state index contributed by atoms with van der Waals surface area (Å²) in [6.45, 7) is 2.56. The van der Waals surface area contributed by atoms with E-state index in [2.05, 4.69) is 10.4 Å². The second-order valence-corrected chi connectivity index (χ2v) is 6.46. The molecule has 2 rings (SSSR count). The van der Waals surface area contributed by atoms with Gasteiger partial charge >= 0.3 is 0 Å². The second kappa shape index (κ2) is 7.17. The average Bonchev–Trinajstić information content (AvgIpc) is 2.90. The number of amides is 1. The number of rotatable bonds is 6. The summed E-state index contributed by atoms with van der Waals surface area (Å²) in [5.41, 5.74) is 1.49. The van der Waals surface area contributed by atoms with Gasteiger partial charge in [0.15, 0.2) is 0 Å². The van der Waals surface area contributed by atoms with E-state index in [0.29, 0.717) is 17.9 Å². The summed E-state index contributed by atoms with van der Waals surface area (Å²) < 4.78 is 13.0. The Kier molecular flexibility index (Phi) is 5.27. The maximum atomic E-state index is 12.2. The Labute approximate surface area is 126 Å². The van der Waals surface area contributed by atoms with E-state index in [0.717, 1.165) is 5.56 Å². The van der Waals surface area contributed by atoms with Crippen molar-refractivity contribution in [1.29, 1.82) is 0 Å². The van der Waals surface area contributed by atoms with Gasteiger partial charge < -0.3 is 5.32 Å². The lowest BCUT2D eigenvalue weighted by Gasteiger charge is -2.14. The number of carbonyl (C=O) groups is 1. The minimum Gasteiger partial charge on any atom is -0.348 e. The number of hydrogen-bond acceptors (Lipinski definition) is 3. The van der Waals surface area contributed by atoms with Gasteiger partial charge in [-0.05, 0) is 30.7 Å². The maximum absolute atomic E-state index is 12.2. The molecule has 5 nitrogen and oxygen atoms in total. The van der Waals surface area contributed by atoms with Gasteiger partial charge in [-0.2, -0.15) is 5.10 Å². The highest BCUT2D eigenvalue weighted by molar-refractivity contribution is 7.83. The summed E-state index contributed by atoms with van der Waals surface area (Å²) in [7, 11) is -0.914. The first kappa shape index (κ1) is 15.4. The van der Waals surface area contributed by atoms with Crippen molar-refractivity contribution < 1.29 is 9.00 Å². The van der Waals surface area contributed by atoms with Gasteiger partial charge in [-0.25, -0.2) is 0 Å². The maximum Gasteiger partial charge on any atom is 0.251 e. The average molecular weight is 305 g/mol. The third-order valence-electron chi connectivity index (χ3n) is 2.96. The van der Waals surface area contributed by atoms with Gasteiger partial charge in [0.05, 0.1) is 6.54 Å². The minimum atomic E-state index is -0.914. The van der Waals surface area contributed by atoms with Crippen LogP contribution in [0.3, 0.4) is 0 Å². The topological polar surface area (TPSA) is 64.0 Å². The molecule has 0 bridgehead atoms. The van der Waals surface area contributed by atoms with E-state index in [1.54, 1.807) is 29.3 Å². The molecule has 1 N–H and O–H groups in total. The van der Waals surface area contributed by atoms with E-state index in [-0.39, 0.29) is 11.9 Å². The molecular weight excluding hydrogens is 286 g/mol. The first-order valence-electron chi connectivity index (χ1n) is 6.72. The summed E-state index contributed by atoms with van der Waals surface area (Å²) in [6.07, 6.45) is 5.22. The third-order valence-corrected chi connectivity index (χ3v) is 3.70. The van der Waals surface area contributed by atoms with Crippen molar-refractivity contribution in [3.8, 4) is 0 Å². The number of carbonyl (C=O) groups excluding carboxylic acids is 1. The molecule has 112 valence electrons. The SMILES string of the molecule is C[C@@H](Cn1cccn1)NC(=O)c1cccc(C[S@@](C)=O)c1. The Morgan fingerprint density at radius 1 is 1.43 bits per heavy atom. The van der Waals surface area contributed by atoms with E-state index < -0.39 is 10.8 Å². The molecular formula is C15H19N3O2S. The molecule has 0 aliphatic heterocycles. The Morgan fingerprint density at radius 2 is 2.24 bits per heavy atom. The van der Waals surface area contributed by atoms with E-state index in [9.17, 15) is 9.00 Å². The van der Waals surface area contributed by atoms with Crippen molar-refractivity contribution in [3.05, 3.63) is 53.9 Å². The quantitative estimate of drug-likeness (QED) is 0.881. The van der Waals surface area contributed by atoms with Crippen LogP contribution in [0, 0.1) is 0 Å². The monoisotopic (exact) mass is 305 g/mol. The number of hydrogen-bond donors (Lipinski definition) is 1. The summed E-state index contributed by atoms with van der Waals surface area (Å²) in [5, 5.41) is 7.05. The van der Waals surface area contributed by atoms with Gasteiger partial charge in [0.2, 0.25) is 0 Å². The number of nitrogens with zero attached hydrogens (tertiary/aromatic N) is 2. The molecule has 0 saturated heterocycles. The molecule has 1 aromatic carbocycles. The standard InChI is InChI=1S/C15H19N3O2S/c1-12(10-18-8-4-7-16-18)17-15(19)14-6-3-5-13(9-14)11-21(2)20/h3-9,12H,10-11H2,1-2H3,(H,17,19)/t12-,21+/m0/s1. The lowest BCUT2D eigenvalue weighted by molar-refractivity contribution is 0.0936. The van der Waals surface area contributed by atoms with Crippen LogP contribution < -0.4 is 5.32 Å². The summed E-state index contributed by atoms with van der Waals surface area (Å²) in [5.74, 6) is 0.336. The number of benzene rings is 1. The van der Waals surface area contributed by atoms with Crippen molar-refractivity contribution in [3.63, 3.8) is 0 Å². The number of nitrogens with one attached hydrogen (secondary N) is 1. The van der Waals surface area contributed by atoms with Crippen LogP contribution in [0.15, 0.2) is 42.7 Å². The zero-order valence-corrected chi connectivity index (χ0v) is 13.0. The van der Waals surface area contributed by atoms with E-state index in [1.807, 2.05) is 31.3 Å². The fourth-order valence-corrected chi connectivity index (χ4v) is 2.73. The molecule has 6 heteroatoms. The largest absolute Gasteiger partial charge is 0.348 e. The van der Waals surface area contributed by atoms with Crippen LogP contribution in [0.1, 0.15) is 22.8 Å². The zero-order valence-electron chi connectivity index (χ0n) is 12.2. The van der Waals surface area contributed by atoms with Gasteiger partial charge in [-0.3, -0.25) is 13.7 Å². The molecule has 0 aliphatic carbocycles. The fraction of sp³-hybridized carbons (Fsp3) is 0.333. The van der Waals surface area contributed by atoms with Crippen LogP contribution in [0.5, 0.6) is 0 Å². The predicted octanol–water partition coefficient (Wildman–Crippen LogP) is 1.58. The number of aromatic nitrogens is 2. The molecule has 2 atom stereocenters. The van der Waals surface area contributed by atoms with Crippen LogP contribution in [0.25, 0.3) is 0 Å². The smallest absolute Gasteiger partial charge is 0.251 e. The Bertz CT molecular complexity index is 626. The van der Waals surface area contributed by atoms with Gasteiger partial charge in [-0.1, -0.05) is 12.1 Å². The van der Waals surface area contributed by atoms with Crippen molar-refractivity contribution in [2.45, 2.75) is 25.3 Å².